The third-order valence-corrected chi connectivity index (χ3v) is 9.66. The van der Waals surface area contributed by atoms with E-state index in [9.17, 15) is 29.7 Å². The van der Waals surface area contributed by atoms with Crippen LogP contribution in [0.2, 0.25) is 0 Å². The SMILES string of the molecule is CC1OC(O[C@H]2C[C@](O)(COC(=O)Nc3ccccc3)Cc3c(O)c4c(c(O)c32)C(=O)c2ccccc2C4=O)CC(N)C1OCc1ccccc1.Cl. The molecule has 0 radical (unpaired) electrons. The lowest BCUT2D eigenvalue weighted by atomic mass is 9.73. The van der Waals surface area contributed by atoms with E-state index in [1.165, 1.54) is 12.1 Å². The van der Waals surface area contributed by atoms with Crippen LogP contribution in [0.1, 0.15) is 74.4 Å². The van der Waals surface area contributed by atoms with Crippen LogP contribution >= 0.6 is 12.4 Å². The van der Waals surface area contributed by atoms with Crippen LogP contribution in [-0.4, -0.2) is 69.7 Å². The Morgan fingerprint density at radius 3 is 2.15 bits per heavy atom. The van der Waals surface area contributed by atoms with Crippen LogP contribution in [0.4, 0.5) is 10.5 Å². The number of rotatable bonds is 8. The molecule has 52 heavy (non-hydrogen) atoms. The Bertz CT molecular complexity index is 1970. The highest BCUT2D eigenvalue weighted by Gasteiger charge is 2.48. The first-order chi connectivity index (χ1) is 24.5. The molecule has 3 aliphatic rings. The lowest BCUT2D eigenvalue weighted by Crippen LogP contribution is -2.53. The summed E-state index contributed by atoms with van der Waals surface area (Å²) < 4.78 is 24.2. The first-order valence-electron chi connectivity index (χ1n) is 16.8. The number of phenols is 2. The van der Waals surface area contributed by atoms with Crippen molar-refractivity contribution in [3.05, 3.63) is 124 Å². The number of carbonyl (C=O) groups is 3. The van der Waals surface area contributed by atoms with E-state index in [2.05, 4.69) is 5.32 Å². The van der Waals surface area contributed by atoms with E-state index in [0.717, 1.165) is 5.56 Å². The first-order valence-corrected chi connectivity index (χ1v) is 16.8. The third kappa shape index (κ3) is 7.13. The molecule has 0 aromatic heterocycles. The van der Waals surface area contributed by atoms with Crippen molar-refractivity contribution in [1.82, 2.24) is 0 Å². The summed E-state index contributed by atoms with van der Waals surface area (Å²) in [4.78, 5) is 40.1. The number of nitrogens with one attached hydrogen (secondary N) is 1. The minimum Gasteiger partial charge on any atom is -0.507 e. The van der Waals surface area contributed by atoms with E-state index in [0.29, 0.717) is 12.3 Å². The molecule has 0 bridgehead atoms. The fourth-order valence-electron chi connectivity index (χ4n) is 7.23. The Hall–Kier alpha value is -4.82. The molecule has 6 N–H and O–H groups in total. The van der Waals surface area contributed by atoms with Crippen molar-refractivity contribution in [1.29, 1.82) is 0 Å². The van der Waals surface area contributed by atoms with Gasteiger partial charge in [0.1, 0.15) is 23.7 Å². The summed E-state index contributed by atoms with van der Waals surface area (Å²) in [6, 6.07) is 23.9. The number of aliphatic hydroxyl groups is 1. The molecule has 2 aliphatic carbocycles. The molecule has 6 atom stereocenters. The van der Waals surface area contributed by atoms with Crippen molar-refractivity contribution in [3.8, 4) is 11.5 Å². The van der Waals surface area contributed by atoms with Crippen molar-refractivity contribution in [2.24, 2.45) is 5.73 Å². The zero-order valence-corrected chi connectivity index (χ0v) is 29.0. The van der Waals surface area contributed by atoms with Gasteiger partial charge in [0.2, 0.25) is 0 Å². The van der Waals surface area contributed by atoms with Crippen LogP contribution in [0, 0.1) is 0 Å². The topological polar surface area (TPSA) is 187 Å². The third-order valence-electron chi connectivity index (χ3n) is 9.66. The van der Waals surface area contributed by atoms with E-state index in [1.54, 1.807) is 49.4 Å². The number of ketones is 2. The summed E-state index contributed by atoms with van der Waals surface area (Å²) in [5.41, 5.74) is 5.64. The molecule has 13 heteroatoms. The maximum atomic E-state index is 13.7. The van der Waals surface area contributed by atoms with E-state index in [4.69, 9.17) is 24.7 Å². The summed E-state index contributed by atoms with van der Waals surface area (Å²) in [5, 5.41) is 38.0. The van der Waals surface area contributed by atoms with Gasteiger partial charge >= 0.3 is 6.09 Å². The fraction of sp³-hybridized carbons (Fsp3) is 0.308. The number of anilines is 1. The smallest absolute Gasteiger partial charge is 0.411 e. The molecule has 1 heterocycles. The number of carbonyl (C=O) groups excluding carboxylic acids is 3. The molecule has 1 saturated heterocycles. The minimum atomic E-state index is -1.84. The molecule has 4 unspecified atom stereocenters. The Labute approximate surface area is 305 Å². The molecule has 1 fully saturated rings. The Morgan fingerprint density at radius 2 is 1.52 bits per heavy atom. The summed E-state index contributed by atoms with van der Waals surface area (Å²) in [6.45, 7) is 1.60. The van der Waals surface area contributed by atoms with Gasteiger partial charge in [-0.05, 0) is 24.6 Å². The molecular formula is C39H39ClN2O10. The first kappa shape index (κ1) is 37.0. The standard InChI is InChI=1S/C39H38N2O10.ClH/c1-21-37(48-19-22-10-4-2-5-11-22)27(40)16-29(50-21)51-28-18-39(47,20-49-38(46)41-23-12-6-3-7-13-23)17-26-30(28)36(45)32-31(35(26)44)33(42)24-14-8-9-15-25(24)34(32)43;/h2-15,21,27-29,37,44-45,47H,16-20,40H2,1H3,(H,41,46);1H/t21?,27?,28-,29?,37?,39-;/m0./s1. The number of fused-ring (bicyclic) bond motifs is 3. The van der Waals surface area contributed by atoms with Gasteiger partial charge in [-0.2, -0.15) is 0 Å². The van der Waals surface area contributed by atoms with Crippen LogP contribution < -0.4 is 11.1 Å². The van der Waals surface area contributed by atoms with Crippen molar-refractivity contribution >= 4 is 35.8 Å². The van der Waals surface area contributed by atoms with Gasteiger partial charge in [0.15, 0.2) is 17.9 Å². The van der Waals surface area contributed by atoms with Gasteiger partial charge in [0.25, 0.3) is 0 Å². The van der Waals surface area contributed by atoms with Gasteiger partial charge in [-0.15, -0.1) is 12.4 Å². The van der Waals surface area contributed by atoms with Gasteiger partial charge in [-0.25, -0.2) is 4.79 Å². The molecule has 0 saturated carbocycles. The monoisotopic (exact) mass is 730 g/mol. The maximum absolute atomic E-state index is 13.7. The van der Waals surface area contributed by atoms with Gasteiger partial charge in [0, 0.05) is 53.2 Å². The molecule has 272 valence electrons. The number of halogens is 1. The number of hydrogen-bond acceptors (Lipinski definition) is 11. The molecule has 7 rings (SSSR count). The quantitative estimate of drug-likeness (QED) is 0.130. The largest absolute Gasteiger partial charge is 0.507 e. The van der Waals surface area contributed by atoms with E-state index in [1.807, 2.05) is 30.3 Å². The van der Waals surface area contributed by atoms with Crippen molar-refractivity contribution in [2.75, 3.05) is 11.9 Å². The average molecular weight is 731 g/mol. The molecule has 4 aromatic rings. The second-order valence-corrected chi connectivity index (χ2v) is 13.3. The van der Waals surface area contributed by atoms with Crippen LogP contribution in [-0.2, 0) is 32.0 Å². The normalized spacial score (nSPS) is 24.9. The van der Waals surface area contributed by atoms with Gasteiger partial charge in [0.05, 0.1) is 36.0 Å². The number of nitrogens with two attached hydrogens (primary N) is 1. The minimum absolute atomic E-state index is 0. The fourth-order valence-corrected chi connectivity index (χ4v) is 7.23. The van der Waals surface area contributed by atoms with E-state index in [-0.39, 0.29) is 65.1 Å². The summed E-state index contributed by atoms with van der Waals surface area (Å²) in [7, 11) is 0. The predicted octanol–water partition coefficient (Wildman–Crippen LogP) is 5.33. The van der Waals surface area contributed by atoms with Crippen LogP contribution in [0.15, 0.2) is 84.9 Å². The molecular weight excluding hydrogens is 692 g/mol. The van der Waals surface area contributed by atoms with Crippen LogP contribution in [0.5, 0.6) is 11.5 Å². The Morgan fingerprint density at radius 1 is 0.923 bits per heavy atom. The number of phenolic OH excluding ortho intramolecular Hbond substituents is 2. The summed E-state index contributed by atoms with van der Waals surface area (Å²) in [6.07, 6.45) is -4.36. The van der Waals surface area contributed by atoms with Crippen LogP contribution in [0.25, 0.3) is 0 Å². The number of hydrogen-bond donors (Lipinski definition) is 5. The van der Waals surface area contributed by atoms with E-state index >= 15 is 0 Å². The zero-order valence-electron chi connectivity index (χ0n) is 28.2. The van der Waals surface area contributed by atoms with Crippen molar-refractivity contribution in [3.63, 3.8) is 0 Å². The Kier molecular flexibility index (Phi) is 10.7. The zero-order chi connectivity index (χ0) is 35.9. The Balaban J connectivity index is 0.00000464. The second kappa shape index (κ2) is 15.0. The molecule has 1 amide bonds. The molecule has 1 aliphatic heterocycles. The highest BCUT2D eigenvalue weighted by Crippen LogP contribution is 2.52. The van der Waals surface area contributed by atoms with E-state index < -0.39 is 72.0 Å². The number of aromatic hydroxyl groups is 2. The second-order valence-electron chi connectivity index (χ2n) is 13.3. The number of ether oxygens (including phenoxy) is 4. The van der Waals surface area contributed by atoms with Crippen molar-refractivity contribution < 1.29 is 48.7 Å². The van der Waals surface area contributed by atoms with Crippen molar-refractivity contribution in [2.45, 2.75) is 69.0 Å². The highest BCUT2D eigenvalue weighted by molar-refractivity contribution is 6.30. The molecule has 12 nitrogen and oxygen atoms in total. The number of para-hydroxylation sites is 1. The maximum Gasteiger partial charge on any atom is 0.411 e. The van der Waals surface area contributed by atoms with Gasteiger partial charge < -0.3 is 40.0 Å². The molecule has 4 aromatic carbocycles. The van der Waals surface area contributed by atoms with Crippen LogP contribution in [0.3, 0.4) is 0 Å². The highest BCUT2D eigenvalue weighted by atomic mass is 35.5. The van der Waals surface area contributed by atoms with Gasteiger partial charge in [-0.1, -0.05) is 72.8 Å². The average Bonchev–Trinajstić information content (AvgIpc) is 3.11. The summed E-state index contributed by atoms with van der Waals surface area (Å²) in [5.74, 6) is -2.41. The number of amides is 1. The lowest BCUT2D eigenvalue weighted by molar-refractivity contribution is -0.255. The summed E-state index contributed by atoms with van der Waals surface area (Å²) >= 11 is 0. The predicted molar refractivity (Wildman–Crippen MR) is 191 cm³/mol. The van der Waals surface area contributed by atoms with Gasteiger partial charge in [-0.3, -0.25) is 14.9 Å². The number of benzene rings is 4. The lowest BCUT2D eigenvalue weighted by Gasteiger charge is -2.43. The molecule has 0 spiro atoms.